The zero-order valence-corrected chi connectivity index (χ0v) is 14.9. The molecular formula is C21H19N3O3. The normalized spacial score (nSPS) is 20.8. The minimum absolute atomic E-state index is 0.218. The molecule has 0 saturated carbocycles. The molecule has 0 aliphatic carbocycles. The van der Waals surface area contributed by atoms with Crippen molar-refractivity contribution < 1.29 is 14.6 Å². The van der Waals surface area contributed by atoms with Crippen LogP contribution >= 0.6 is 0 Å². The highest BCUT2D eigenvalue weighted by Gasteiger charge is 2.51. The van der Waals surface area contributed by atoms with Crippen LogP contribution in [0.3, 0.4) is 0 Å². The Bertz CT molecular complexity index is 894. The van der Waals surface area contributed by atoms with Gasteiger partial charge in [-0.1, -0.05) is 24.0 Å². The van der Waals surface area contributed by atoms with Crippen molar-refractivity contribution in [3.63, 3.8) is 0 Å². The number of amides is 1. The third-order valence-electron chi connectivity index (χ3n) is 4.62. The minimum Gasteiger partial charge on any atom is -0.394 e. The monoisotopic (exact) mass is 361 g/mol. The van der Waals surface area contributed by atoms with E-state index in [0.29, 0.717) is 12.2 Å². The predicted molar refractivity (Wildman–Crippen MR) is 98.6 cm³/mol. The summed E-state index contributed by atoms with van der Waals surface area (Å²) in [6.45, 7) is 0.142. The van der Waals surface area contributed by atoms with Gasteiger partial charge in [0.1, 0.15) is 12.6 Å². The Morgan fingerprint density at radius 3 is 2.70 bits per heavy atom. The van der Waals surface area contributed by atoms with Gasteiger partial charge in [0.2, 0.25) is 0 Å². The van der Waals surface area contributed by atoms with E-state index in [1.165, 1.54) is 11.1 Å². The number of hydrogen-bond donors (Lipinski definition) is 1. The second kappa shape index (κ2) is 8.46. The van der Waals surface area contributed by atoms with E-state index in [1.807, 2.05) is 24.3 Å². The largest absolute Gasteiger partial charge is 0.394 e. The van der Waals surface area contributed by atoms with E-state index < -0.39 is 12.1 Å². The van der Waals surface area contributed by atoms with E-state index in [9.17, 15) is 15.2 Å². The lowest BCUT2D eigenvalue weighted by atomic mass is 9.75. The van der Waals surface area contributed by atoms with Gasteiger partial charge in [-0.15, -0.1) is 0 Å². The number of pyridine rings is 1. The van der Waals surface area contributed by atoms with Crippen molar-refractivity contribution in [2.75, 3.05) is 20.3 Å². The van der Waals surface area contributed by atoms with Crippen LogP contribution in [0.1, 0.15) is 27.4 Å². The van der Waals surface area contributed by atoms with Crippen molar-refractivity contribution in [1.82, 2.24) is 9.88 Å². The zero-order valence-electron chi connectivity index (χ0n) is 14.9. The van der Waals surface area contributed by atoms with Gasteiger partial charge in [0.15, 0.2) is 0 Å². The summed E-state index contributed by atoms with van der Waals surface area (Å²) in [5.41, 5.74) is 2.14. The predicted octanol–water partition coefficient (Wildman–Crippen LogP) is 1.57. The maximum Gasteiger partial charge on any atom is 0.256 e. The molecular weight excluding hydrogens is 342 g/mol. The summed E-state index contributed by atoms with van der Waals surface area (Å²) in [5.74, 6) is 5.32. The van der Waals surface area contributed by atoms with Gasteiger partial charge < -0.3 is 14.7 Å². The number of carbonyl (C=O) groups excluding carboxylic acids is 1. The summed E-state index contributed by atoms with van der Waals surface area (Å²) >= 11 is 0. The number of nitriles is 1. The Kier molecular flexibility index (Phi) is 5.83. The molecule has 136 valence electrons. The molecule has 6 nitrogen and oxygen atoms in total. The lowest BCUT2D eigenvalue weighted by Gasteiger charge is -2.51. The van der Waals surface area contributed by atoms with Crippen molar-refractivity contribution in [1.29, 1.82) is 5.26 Å². The summed E-state index contributed by atoms with van der Waals surface area (Å²) in [6.07, 6.45) is 3.05. The average Bonchev–Trinajstić information content (AvgIpc) is 2.70. The Morgan fingerprint density at radius 1 is 1.33 bits per heavy atom. The van der Waals surface area contributed by atoms with Crippen molar-refractivity contribution in [3.05, 3.63) is 65.5 Å². The van der Waals surface area contributed by atoms with Crippen molar-refractivity contribution in [2.45, 2.75) is 18.0 Å². The fourth-order valence-electron chi connectivity index (χ4n) is 3.32. The van der Waals surface area contributed by atoms with Crippen LogP contribution in [0.4, 0.5) is 0 Å². The second-order valence-corrected chi connectivity index (χ2v) is 6.16. The molecule has 2 heterocycles. The van der Waals surface area contributed by atoms with Crippen LogP contribution < -0.4 is 0 Å². The molecule has 0 spiro atoms. The fraction of sp³-hybridized carbons (Fsp3) is 0.286. The van der Waals surface area contributed by atoms with E-state index in [1.54, 1.807) is 25.4 Å². The van der Waals surface area contributed by atoms with Crippen LogP contribution in [0, 0.1) is 23.2 Å². The van der Waals surface area contributed by atoms with E-state index in [0.717, 1.165) is 11.1 Å². The van der Waals surface area contributed by atoms with Crippen LogP contribution in [0.5, 0.6) is 0 Å². The molecule has 2 aromatic rings. The maximum atomic E-state index is 12.7. The molecule has 6 heteroatoms. The maximum absolute atomic E-state index is 12.7. The second-order valence-electron chi connectivity index (χ2n) is 6.16. The van der Waals surface area contributed by atoms with Gasteiger partial charge in [-0.25, -0.2) is 0 Å². The van der Waals surface area contributed by atoms with Crippen molar-refractivity contribution >= 4 is 5.91 Å². The Morgan fingerprint density at radius 2 is 2.11 bits per heavy atom. The third kappa shape index (κ3) is 3.68. The first kappa shape index (κ1) is 18.6. The summed E-state index contributed by atoms with van der Waals surface area (Å²) in [5, 5.41) is 19.5. The molecule has 27 heavy (non-hydrogen) atoms. The zero-order chi connectivity index (χ0) is 19.2. The van der Waals surface area contributed by atoms with Gasteiger partial charge in [-0.2, -0.15) is 5.26 Å². The number of aliphatic hydroxyl groups excluding tert-OH is 1. The minimum atomic E-state index is -0.639. The Balaban J connectivity index is 1.82. The summed E-state index contributed by atoms with van der Waals surface area (Å²) in [6, 6.07) is 11.9. The number of nitrogens with zero attached hydrogens (tertiary/aromatic N) is 3. The number of ether oxygens (including phenoxy) is 1. The van der Waals surface area contributed by atoms with Crippen LogP contribution in [0.25, 0.3) is 0 Å². The molecule has 1 N–H and O–H groups in total. The quantitative estimate of drug-likeness (QED) is 0.836. The van der Waals surface area contributed by atoms with Gasteiger partial charge >= 0.3 is 0 Å². The van der Waals surface area contributed by atoms with Gasteiger partial charge in [0.25, 0.3) is 5.91 Å². The molecule has 1 saturated heterocycles. The lowest BCUT2D eigenvalue weighted by Crippen LogP contribution is -2.65. The van der Waals surface area contributed by atoms with Crippen molar-refractivity contribution in [3.8, 4) is 17.9 Å². The van der Waals surface area contributed by atoms with Crippen molar-refractivity contribution in [2.24, 2.45) is 0 Å². The highest BCUT2D eigenvalue weighted by molar-refractivity contribution is 5.95. The van der Waals surface area contributed by atoms with Crippen LogP contribution in [-0.2, 0) is 4.74 Å². The topological polar surface area (TPSA) is 86.5 Å². The smallest absolute Gasteiger partial charge is 0.256 e. The molecule has 1 aromatic heterocycles. The molecule has 1 aromatic carbocycles. The standard InChI is InChI=1S/C21H19N3O3/c1-27-11-3-4-15-6-8-16(9-7-15)20-18(12-22)24(19(20)14-25)21(26)17-5-2-10-23-13-17/h2,5-10,13,18-20,25H,11,14H2,1H3/t18-,19-,20-/m1/s1. The van der Waals surface area contributed by atoms with Gasteiger partial charge in [-0.05, 0) is 29.8 Å². The van der Waals surface area contributed by atoms with Gasteiger partial charge in [0.05, 0.1) is 24.3 Å². The number of hydrogen-bond acceptors (Lipinski definition) is 5. The average molecular weight is 361 g/mol. The Hall–Kier alpha value is -3.19. The number of carbonyl (C=O) groups is 1. The number of likely N-dealkylation sites (tertiary alicyclic amines) is 1. The van der Waals surface area contributed by atoms with Gasteiger partial charge in [-0.3, -0.25) is 9.78 Å². The summed E-state index contributed by atoms with van der Waals surface area (Å²) < 4.78 is 4.90. The van der Waals surface area contributed by atoms with Crippen LogP contribution in [0.2, 0.25) is 0 Å². The lowest BCUT2D eigenvalue weighted by molar-refractivity contribution is -0.00588. The third-order valence-corrected chi connectivity index (χ3v) is 4.62. The number of benzene rings is 1. The van der Waals surface area contributed by atoms with Crippen LogP contribution in [0.15, 0.2) is 48.8 Å². The Labute approximate surface area is 158 Å². The fourth-order valence-corrected chi connectivity index (χ4v) is 3.32. The number of aromatic nitrogens is 1. The molecule has 1 fully saturated rings. The SMILES string of the molecule is COCC#Cc1ccc([C@@H]2[C@@H](C#N)N(C(=O)c3cccnc3)[C@@H]2CO)cc1. The first-order valence-electron chi connectivity index (χ1n) is 8.52. The number of aliphatic hydroxyl groups is 1. The molecule has 0 radical (unpaired) electrons. The molecule has 3 atom stereocenters. The van der Waals surface area contributed by atoms with E-state index in [2.05, 4.69) is 22.9 Å². The van der Waals surface area contributed by atoms with E-state index >= 15 is 0 Å². The first-order chi connectivity index (χ1) is 13.2. The molecule has 1 amide bonds. The summed E-state index contributed by atoms with van der Waals surface area (Å²) in [7, 11) is 1.59. The van der Waals surface area contributed by atoms with E-state index in [4.69, 9.17) is 4.74 Å². The first-order valence-corrected chi connectivity index (χ1v) is 8.52. The molecule has 1 aliphatic heterocycles. The molecule has 0 unspecified atom stereocenters. The molecule has 3 rings (SSSR count). The van der Waals surface area contributed by atoms with E-state index in [-0.39, 0.29) is 18.4 Å². The highest BCUT2D eigenvalue weighted by Crippen LogP contribution is 2.41. The number of rotatable bonds is 4. The van der Waals surface area contributed by atoms with Gasteiger partial charge in [0, 0.05) is 31.0 Å². The van der Waals surface area contributed by atoms with Crippen LogP contribution in [-0.4, -0.2) is 53.3 Å². The molecule has 1 aliphatic rings. The molecule has 0 bridgehead atoms. The highest BCUT2D eigenvalue weighted by atomic mass is 16.5. The number of methoxy groups -OCH3 is 1. The summed E-state index contributed by atoms with van der Waals surface area (Å²) in [4.78, 5) is 18.1.